The maximum Gasteiger partial charge on any atom is 0.408 e. The Bertz CT molecular complexity index is 1770. The molecular formula is C38H50N4O6S. The molecule has 1 aliphatic heterocycles. The summed E-state index contributed by atoms with van der Waals surface area (Å²) in [5, 5.41) is 4.95. The van der Waals surface area contributed by atoms with Gasteiger partial charge in [0.15, 0.2) is 0 Å². The predicted octanol–water partition coefficient (Wildman–Crippen LogP) is 5.17. The van der Waals surface area contributed by atoms with Gasteiger partial charge in [0.1, 0.15) is 11.6 Å². The minimum absolute atomic E-state index is 0.166. The third-order valence-corrected chi connectivity index (χ3v) is 9.85. The summed E-state index contributed by atoms with van der Waals surface area (Å²) in [5.41, 5.74) is 0.556. The Morgan fingerprint density at radius 3 is 2.24 bits per heavy atom. The van der Waals surface area contributed by atoms with E-state index in [4.69, 9.17) is 4.74 Å². The number of nitrogens with one attached hydrogen (secondary N) is 1. The van der Waals surface area contributed by atoms with Gasteiger partial charge in [0.05, 0.1) is 6.26 Å². The average molecular weight is 691 g/mol. The molecule has 0 spiro atoms. The lowest BCUT2D eigenvalue weighted by Gasteiger charge is -2.43. The number of amides is 3. The van der Waals surface area contributed by atoms with E-state index >= 15 is 0 Å². The third-order valence-electron chi connectivity index (χ3n) is 8.58. The number of ether oxygens (including phenoxy) is 1. The number of hydrogen-bond acceptors (Lipinski definition) is 6. The van der Waals surface area contributed by atoms with Crippen molar-refractivity contribution in [3.8, 4) is 0 Å². The van der Waals surface area contributed by atoms with Gasteiger partial charge >= 0.3 is 6.09 Å². The van der Waals surface area contributed by atoms with Gasteiger partial charge in [-0.3, -0.25) is 9.59 Å². The molecule has 3 amide bonds. The van der Waals surface area contributed by atoms with Crippen molar-refractivity contribution >= 4 is 38.7 Å². The van der Waals surface area contributed by atoms with Crippen molar-refractivity contribution in [3.63, 3.8) is 0 Å². The predicted molar refractivity (Wildman–Crippen MR) is 193 cm³/mol. The van der Waals surface area contributed by atoms with Crippen LogP contribution in [0.4, 0.5) is 4.79 Å². The number of likely N-dealkylation sites (N-methyl/N-ethyl adjacent to an activating group) is 1. The molecule has 0 aromatic heterocycles. The standard InChI is InChI=1S/C38H50N4O6S/c1-37(2,3)48-36(45)39-38(4,5)21-13-18-34(43)40(6)33(26-29-19-20-30-16-11-12-17-31(30)24-29)35(44)42-23-22-41(49(7,46)47)27-32(42)25-28-14-9-8-10-15-28/h8-20,24,32-33H,21-23,25-27H2,1-7H3,(H,39,45)/t32-,33-/m1/s1. The Hall–Kier alpha value is -4.22. The minimum Gasteiger partial charge on any atom is -0.444 e. The van der Waals surface area contributed by atoms with Crippen LogP contribution in [0.5, 0.6) is 0 Å². The van der Waals surface area contributed by atoms with Gasteiger partial charge in [0.25, 0.3) is 0 Å². The fourth-order valence-electron chi connectivity index (χ4n) is 6.01. The number of hydrogen-bond donors (Lipinski definition) is 1. The lowest BCUT2D eigenvalue weighted by atomic mass is 9.97. The van der Waals surface area contributed by atoms with E-state index in [0.29, 0.717) is 12.8 Å². The first-order valence-electron chi connectivity index (χ1n) is 16.6. The summed E-state index contributed by atoms with van der Waals surface area (Å²) in [4.78, 5) is 43.9. The van der Waals surface area contributed by atoms with E-state index in [1.165, 1.54) is 21.5 Å². The molecule has 3 aromatic rings. The Labute approximate surface area is 291 Å². The lowest BCUT2D eigenvalue weighted by Crippen LogP contribution is -2.61. The highest BCUT2D eigenvalue weighted by atomic mass is 32.2. The summed E-state index contributed by atoms with van der Waals surface area (Å²) < 4.78 is 31.9. The van der Waals surface area contributed by atoms with Gasteiger partial charge in [0.2, 0.25) is 21.8 Å². The maximum atomic E-state index is 14.6. The monoisotopic (exact) mass is 690 g/mol. The fourth-order valence-corrected chi connectivity index (χ4v) is 6.86. The van der Waals surface area contributed by atoms with E-state index in [9.17, 15) is 22.8 Å². The van der Waals surface area contributed by atoms with Crippen molar-refractivity contribution in [3.05, 3.63) is 96.1 Å². The summed E-state index contributed by atoms with van der Waals surface area (Å²) >= 11 is 0. The molecule has 4 rings (SSSR count). The van der Waals surface area contributed by atoms with Gasteiger partial charge in [0, 0.05) is 44.7 Å². The van der Waals surface area contributed by atoms with Crippen LogP contribution in [0.15, 0.2) is 84.9 Å². The number of benzene rings is 3. The van der Waals surface area contributed by atoms with Crippen LogP contribution in [0.1, 0.15) is 52.2 Å². The van der Waals surface area contributed by atoms with Crippen molar-refractivity contribution in [1.82, 2.24) is 19.4 Å². The zero-order valence-corrected chi connectivity index (χ0v) is 30.5. The Kier molecular flexibility index (Phi) is 11.9. The molecule has 0 bridgehead atoms. The highest BCUT2D eigenvalue weighted by molar-refractivity contribution is 7.88. The summed E-state index contributed by atoms with van der Waals surface area (Å²) in [6.07, 6.45) is 4.86. The fraction of sp³-hybridized carbons (Fsp3) is 0.447. The molecule has 1 aliphatic rings. The number of fused-ring (bicyclic) bond motifs is 1. The van der Waals surface area contributed by atoms with Crippen molar-refractivity contribution in [2.24, 2.45) is 0 Å². The normalized spacial score (nSPS) is 16.8. The smallest absolute Gasteiger partial charge is 0.408 e. The van der Waals surface area contributed by atoms with Crippen LogP contribution in [0, 0.1) is 0 Å². The molecule has 10 nitrogen and oxygen atoms in total. The van der Waals surface area contributed by atoms with Crippen LogP contribution in [0.25, 0.3) is 10.8 Å². The molecule has 49 heavy (non-hydrogen) atoms. The van der Waals surface area contributed by atoms with Gasteiger partial charge < -0.3 is 19.9 Å². The summed E-state index contributed by atoms with van der Waals surface area (Å²) in [6, 6.07) is 22.4. The summed E-state index contributed by atoms with van der Waals surface area (Å²) in [5.74, 6) is -0.597. The Balaban J connectivity index is 1.60. The molecule has 1 heterocycles. The molecule has 0 aliphatic carbocycles. The first-order valence-corrected chi connectivity index (χ1v) is 18.5. The van der Waals surface area contributed by atoms with Crippen LogP contribution >= 0.6 is 0 Å². The Morgan fingerprint density at radius 2 is 1.59 bits per heavy atom. The van der Waals surface area contributed by atoms with E-state index in [-0.39, 0.29) is 37.9 Å². The number of sulfonamides is 1. The van der Waals surface area contributed by atoms with Gasteiger partial charge in [-0.25, -0.2) is 13.2 Å². The molecule has 0 saturated carbocycles. The molecule has 1 fully saturated rings. The van der Waals surface area contributed by atoms with Crippen LogP contribution in [-0.2, 0) is 37.2 Å². The third kappa shape index (κ3) is 10.9. The Morgan fingerprint density at radius 1 is 0.939 bits per heavy atom. The quantitative estimate of drug-likeness (QED) is 0.278. The molecule has 0 radical (unpaired) electrons. The minimum atomic E-state index is -3.47. The topological polar surface area (TPSA) is 116 Å². The molecule has 2 atom stereocenters. The molecule has 1 N–H and O–H groups in total. The van der Waals surface area contributed by atoms with E-state index < -0.39 is 39.3 Å². The van der Waals surface area contributed by atoms with E-state index in [1.54, 1.807) is 38.8 Å². The zero-order valence-electron chi connectivity index (χ0n) is 29.7. The van der Waals surface area contributed by atoms with Crippen LogP contribution in [0.3, 0.4) is 0 Å². The van der Waals surface area contributed by atoms with E-state index in [1.807, 2.05) is 86.6 Å². The maximum absolute atomic E-state index is 14.6. The number of alkyl carbamates (subject to hydrolysis) is 1. The molecule has 1 saturated heterocycles. The van der Waals surface area contributed by atoms with Crippen LogP contribution in [0.2, 0.25) is 0 Å². The second-order valence-electron chi connectivity index (χ2n) is 14.5. The highest BCUT2D eigenvalue weighted by Gasteiger charge is 2.38. The average Bonchev–Trinajstić information content (AvgIpc) is 3.01. The molecule has 264 valence electrons. The summed E-state index contributed by atoms with van der Waals surface area (Å²) in [6.45, 7) is 9.60. The number of rotatable bonds is 11. The first-order chi connectivity index (χ1) is 22.9. The van der Waals surface area contributed by atoms with Gasteiger partial charge in [-0.05, 0) is 75.4 Å². The first kappa shape index (κ1) is 37.6. The van der Waals surface area contributed by atoms with Crippen molar-refractivity contribution < 1.29 is 27.5 Å². The number of piperazine rings is 1. The van der Waals surface area contributed by atoms with Gasteiger partial charge in [-0.2, -0.15) is 4.31 Å². The van der Waals surface area contributed by atoms with E-state index in [2.05, 4.69) is 5.32 Å². The SMILES string of the molecule is CN(C(=O)C=CCC(C)(C)NC(=O)OC(C)(C)C)[C@H](Cc1ccc2ccccc2c1)C(=O)N1CCN(S(C)(=O)=O)C[C@H]1Cc1ccccc1. The van der Waals surface area contributed by atoms with Gasteiger partial charge in [-0.1, -0.05) is 78.9 Å². The molecule has 11 heteroatoms. The summed E-state index contributed by atoms with van der Waals surface area (Å²) in [7, 11) is -1.85. The molecular weight excluding hydrogens is 641 g/mol. The second kappa shape index (κ2) is 15.6. The van der Waals surface area contributed by atoms with E-state index in [0.717, 1.165) is 21.9 Å². The zero-order chi connectivity index (χ0) is 36.0. The lowest BCUT2D eigenvalue weighted by molar-refractivity contribution is -0.145. The van der Waals surface area contributed by atoms with Crippen LogP contribution < -0.4 is 5.32 Å². The molecule has 3 aromatic carbocycles. The van der Waals surface area contributed by atoms with Crippen LogP contribution in [-0.4, -0.2) is 96.6 Å². The van der Waals surface area contributed by atoms with Crippen molar-refractivity contribution in [2.75, 3.05) is 32.9 Å². The number of carbonyl (C=O) groups excluding carboxylic acids is 3. The molecule has 0 unspecified atom stereocenters. The highest BCUT2D eigenvalue weighted by Crippen LogP contribution is 2.23. The van der Waals surface area contributed by atoms with Gasteiger partial charge in [-0.15, -0.1) is 0 Å². The number of carbonyl (C=O) groups is 3. The van der Waals surface area contributed by atoms with Crippen molar-refractivity contribution in [2.45, 2.75) is 77.1 Å². The van der Waals surface area contributed by atoms with Crippen molar-refractivity contribution in [1.29, 1.82) is 0 Å². The second-order valence-corrected chi connectivity index (χ2v) is 16.4. The largest absolute Gasteiger partial charge is 0.444 e. The number of nitrogens with zero attached hydrogens (tertiary/aromatic N) is 3.